The quantitative estimate of drug-likeness (QED) is 0.585. The van der Waals surface area contributed by atoms with Gasteiger partial charge in [-0.05, 0) is 18.4 Å². The maximum Gasteiger partial charge on any atom is 0.182 e. The first kappa shape index (κ1) is 7.59. The second kappa shape index (κ2) is 2.77. The maximum atomic E-state index is 11.5. The van der Waals surface area contributed by atoms with Crippen molar-refractivity contribution in [2.24, 2.45) is 5.92 Å². The summed E-state index contributed by atoms with van der Waals surface area (Å²) in [5.41, 5.74) is 2.07. The molecule has 0 radical (unpaired) electrons. The molecule has 1 unspecified atom stereocenters. The van der Waals surface area contributed by atoms with E-state index < -0.39 is 0 Å². The molecule has 1 heterocycles. The summed E-state index contributed by atoms with van der Waals surface area (Å²) in [5.74, 6) is 0.474. The molecule has 1 N–H and O–H groups in total. The molecule has 0 aromatic rings. The molecule has 0 saturated carbocycles. The van der Waals surface area contributed by atoms with Gasteiger partial charge in [0.1, 0.15) is 0 Å². The Kier molecular flexibility index (Phi) is 1.75. The molecule has 0 fully saturated rings. The fourth-order valence-corrected chi connectivity index (χ4v) is 1.79. The van der Waals surface area contributed by atoms with Gasteiger partial charge >= 0.3 is 0 Å². The number of Topliss-reactive ketones (excluding diaryl/α,β-unsaturated/α-hetero) is 1. The molecule has 1 atom stereocenters. The van der Waals surface area contributed by atoms with Crippen LogP contribution in [0, 0.1) is 5.92 Å². The standard InChI is InChI=1S/C10H13NO/c1-7-6-8-4-2-3-5-11-9(8)10(7)12/h2,4,7,11H,3,5-6H2,1H3. The van der Waals surface area contributed by atoms with Gasteiger partial charge in [0.25, 0.3) is 0 Å². The number of carbonyl (C=O) groups is 1. The summed E-state index contributed by atoms with van der Waals surface area (Å²) in [6.07, 6.45) is 6.17. The summed E-state index contributed by atoms with van der Waals surface area (Å²) in [6, 6.07) is 0. The molecule has 0 aromatic heterocycles. The molecule has 1 aliphatic carbocycles. The van der Waals surface area contributed by atoms with Crippen LogP contribution in [-0.4, -0.2) is 12.3 Å². The first-order valence-electron chi connectivity index (χ1n) is 4.47. The zero-order valence-corrected chi connectivity index (χ0v) is 7.26. The summed E-state index contributed by atoms with van der Waals surface area (Å²) >= 11 is 0. The molecule has 2 aliphatic rings. The molecular weight excluding hydrogens is 150 g/mol. The Morgan fingerprint density at radius 1 is 1.58 bits per heavy atom. The molecule has 0 amide bonds. The van der Waals surface area contributed by atoms with Crippen LogP contribution >= 0.6 is 0 Å². The van der Waals surface area contributed by atoms with Gasteiger partial charge in [-0.1, -0.05) is 19.1 Å². The third kappa shape index (κ3) is 1.07. The van der Waals surface area contributed by atoms with Gasteiger partial charge in [-0.3, -0.25) is 4.79 Å². The third-order valence-corrected chi connectivity index (χ3v) is 2.47. The molecule has 2 heteroatoms. The fourth-order valence-electron chi connectivity index (χ4n) is 1.79. The van der Waals surface area contributed by atoms with E-state index in [4.69, 9.17) is 0 Å². The van der Waals surface area contributed by atoms with Crippen molar-refractivity contribution in [3.8, 4) is 0 Å². The van der Waals surface area contributed by atoms with Crippen molar-refractivity contribution in [1.82, 2.24) is 5.32 Å². The third-order valence-electron chi connectivity index (χ3n) is 2.47. The second-order valence-corrected chi connectivity index (χ2v) is 3.49. The number of hydrogen-bond donors (Lipinski definition) is 1. The van der Waals surface area contributed by atoms with Gasteiger partial charge in [0.2, 0.25) is 0 Å². The summed E-state index contributed by atoms with van der Waals surface area (Å²) in [6.45, 7) is 2.89. The van der Waals surface area contributed by atoms with E-state index >= 15 is 0 Å². The van der Waals surface area contributed by atoms with Crippen LogP contribution in [0.2, 0.25) is 0 Å². The van der Waals surface area contributed by atoms with Crippen molar-refractivity contribution in [2.75, 3.05) is 6.54 Å². The average Bonchev–Trinajstić information content (AvgIpc) is 2.30. The minimum atomic E-state index is 0.185. The van der Waals surface area contributed by atoms with Gasteiger partial charge in [0, 0.05) is 12.5 Å². The van der Waals surface area contributed by atoms with Gasteiger partial charge < -0.3 is 5.32 Å². The largest absolute Gasteiger partial charge is 0.382 e. The second-order valence-electron chi connectivity index (χ2n) is 3.49. The number of nitrogens with one attached hydrogen (secondary N) is 1. The van der Waals surface area contributed by atoms with Crippen molar-refractivity contribution in [3.05, 3.63) is 23.4 Å². The molecule has 0 aromatic carbocycles. The average molecular weight is 163 g/mol. The van der Waals surface area contributed by atoms with E-state index in [2.05, 4.69) is 17.5 Å². The summed E-state index contributed by atoms with van der Waals surface area (Å²) in [5, 5.41) is 3.19. The molecule has 12 heavy (non-hydrogen) atoms. The maximum absolute atomic E-state index is 11.5. The number of rotatable bonds is 0. The lowest BCUT2D eigenvalue weighted by Gasteiger charge is -2.04. The zero-order valence-electron chi connectivity index (χ0n) is 7.26. The highest BCUT2D eigenvalue weighted by molar-refractivity contribution is 6.00. The highest BCUT2D eigenvalue weighted by Crippen LogP contribution is 2.28. The molecule has 0 bridgehead atoms. The van der Waals surface area contributed by atoms with E-state index in [1.807, 2.05) is 6.92 Å². The van der Waals surface area contributed by atoms with E-state index in [9.17, 15) is 4.79 Å². The van der Waals surface area contributed by atoms with E-state index in [0.29, 0.717) is 0 Å². The number of ketones is 1. The summed E-state index contributed by atoms with van der Waals surface area (Å²) in [7, 11) is 0. The van der Waals surface area contributed by atoms with Gasteiger partial charge in [-0.15, -0.1) is 0 Å². The minimum Gasteiger partial charge on any atom is -0.382 e. The molecular formula is C10H13NO. The van der Waals surface area contributed by atoms with Crippen LogP contribution < -0.4 is 5.32 Å². The van der Waals surface area contributed by atoms with Crippen LogP contribution in [0.5, 0.6) is 0 Å². The normalized spacial score (nSPS) is 28.4. The Bertz CT molecular complexity index is 276. The Labute approximate surface area is 72.3 Å². The van der Waals surface area contributed by atoms with Crippen molar-refractivity contribution in [1.29, 1.82) is 0 Å². The van der Waals surface area contributed by atoms with Crippen LogP contribution in [0.15, 0.2) is 23.4 Å². The number of hydrogen-bond acceptors (Lipinski definition) is 2. The predicted octanol–water partition coefficient (Wildman–Crippen LogP) is 1.40. The van der Waals surface area contributed by atoms with Crippen molar-refractivity contribution in [2.45, 2.75) is 19.8 Å². The van der Waals surface area contributed by atoms with Crippen molar-refractivity contribution >= 4 is 5.78 Å². The Balaban J connectivity index is 2.32. The van der Waals surface area contributed by atoms with Crippen LogP contribution in [0.25, 0.3) is 0 Å². The molecule has 1 aliphatic heterocycles. The van der Waals surface area contributed by atoms with E-state index in [1.165, 1.54) is 5.57 Å². The summed E-state index contributed by atoms with van der Waals surface area (Å²) in [4.78, 5) is 11.5. The first-order chi connectivity index (χ1) is 5.79. The van der Waals surface area contributed by atoms with Gasteiger partial charge in [-0.2, -0.15) is 0 Å². The van der Waals surface area contributed by atoms with E-state index in [-0.39, 0.29) is 11.7 Å². The lowest BCUT2D eigenvalue weighted by Crippen LogP contribution is -2.21. The highest BCUT2D eigenvalue weighted by Gasteiger charge is 2.28. The van der Waals surface area contributed by atoms with Gasteiger partial charge in [0.15, 0.2) is 5.78 Å². The Morgan fingerprint density at radius 2 is 2.42 bits per heavy atom. The zero-order chi connectivity index (χ0) is 8.55. The molecule has 2 rings (SSSR count). The molecule has 2 nitrogen and oxygen atoms in total. The van der Waals surface area contributed by atoms with Gasteiger partial charge in [-0.25, -0.2) is 0 Å². The highest BCUT2D eigenvalue weighted by atomic mass is 16.1. The predicted molar refractivity (Wildman–Crippen MR) is 47.6 cm³/mol. The Morgan fingerprint density at radius 3 is 3.25 bits per heavy atom. The van der Waals surface area contributed by atoms with E-state index in [0.717, 1.165) is 25.1 Å². The van der Waals surface area contributed by atoms with Crippen LogP contribution in [0.3, 0.4) is 0 Å². The minimum absolute atomic E-state index is 0.185. The molecule has 0 saturated heterocycles. The number of carbonyl (C=O) groups excluding carboxylic acids is 1. The van der Waals surface area contributed by atoms with Crippen molar-refractivity contribution < 1.29 is 4.79 Å². The van der Waals surface area contributed by atoms with Crippen molar-refractivity contribution in [3.63, 3.8) is 0 Å². The Hall–Kier alpha value is -1.05. The van der Waals surface area contributed by atoms with Crippen LogP contribution in [0.1, 0.15) is 19.8 Å². The topological polar surface area (TPSA) is 29.1 Å². The lowest BCUT2D eigenvalue weighted by molar-refractivity contribution is -0.118. The number of allylic oxidation sites excluding steroid dienone is 3. The summed E-state index contributed by atoms with van der Waals surface area (Å²) < 4.78 is 0. The monoisotopic (exact) mass is 163 g/mol. The molecule has 0 spiro atoms. The molecule has 64 valence electrons. The van der Waals surface area contributed by atoms with Crippen LogP contribution in [0.4, 0.5) is 0 Å². The lowest BCUT2D eigenvalue weighted by atomic mass is 10.1. The first-order valence-corrected chi connectivity index (χ1v) is 4.47. The fraction of sp³-hybridized carbons (Fsp3) is 0.500. The smallest absolute Gasteiger partial charge is 0.182 e. The van der Waals surface area contributed by atoms with Gasteiger partial charge in [0.05, 0.1) is 5.70 Å². The van der Waals surface area contributed by atoms with E-state index in [1.54, 1.807) is 0 Å². The van der Waals surface area contributed by atoms with Crippen LogP contribution in [-0.2, 0) is 4.79 Å². The SMILES string of the molecule is CC1CC2=C(NCCC=C2)C1=O.